The minimum absolute atomic E-state index is 0.106. The Kier molecular flexibility index (Phi) is 7.35. The lowest BCUT2D eigenvalue weighted by Crippen LogP contribution is -2.48. The number of alkyl halides is 1. The molecule has 3 rings (SSSR count). The number of halogens is 3. The van der Waals surface area contributed by atoms with E-state index in [0.29, 0.717) is 17.5 Å². The Labute approximate surface area is 196 Å². The molecular weight excluding hydrogens is 449 g/mol. The Morgan fingerprint density at radius 2 is 1.91 bits per heavy atom. The molecule has 2 N–H and O–H groups in total. The van der Waals surface area contributed by atoms with Gasteiger partial charge in [0.2, 0.25) is 0 Å². The number of esters is 1. The van der Waals surface area contributed by atoms with Gasteiger partial charge in [0.05, 0.1) is 19.4 Å². The van der Waals surface area contributed by atoms with Crippen molar-refractivity contribution in [2.75, 3.05) is 13.7 Å². The molecule has 2 aromatic carbocycles. The summed E-state index contributed by atoms with van der Waals surface area (Å²) in [5.41, 5.74) is -0.572. The van der Waals surface area contributed by atoms with Gasteiger partial charge in [0.25, 0.3) is 0 Å². The summed E-state index contributed by atoms with van der Waals surface area (Å²) in [5, 5.41) is 22.2. The van der Waals surface area contributed by atoms with Gasteiger partial charge in [0, 0.05) is 29.8 Å². The zero-order chi connectivity index (χ0) is 25.2. The minimum atomic E-state index is -1.66. The summed E-state index contributed by atoms with van der Waals surface area (Å²) in [6, 6.07) is 3.82. The highest BCUT2D eigenvalue weighted by Crippen LogP contribution is 2.43. The molecule has 0 fully saturated rings. The molecule has 1 aliphatic rings. The van der Waals surface area contributed by atoms with E-state index in [-0.39, 0.29) is 35.0 Å². The molecule has 34 heavy (non-hydrogen) atoms. The van der Waals surface area contributed by atoms with Crippen molar-refractivity contribution in [3.05, 3.63) is 69.8 Å². The molecule has 6 nitrogen and oxygen atoms in total. The number of aromatic hydroxyl groups is 1. The predicted octanol–water partition coefficient (Wildman–Crippen LogP) is 4.75. The first-order valence-electron chi connectivity index (χ1n) is 10.7. The second-order valence-corrected chi connectivity index (χ2v) is 8.96. The second kappa shape index (κ2) is 9.89. The topological polar surface area (TPSA) is 82.4 Å². The monoisotopic (exact) mass is 476 g/mol. The highest BCUT2D eigenvalue weighted by Gasteiger charge is 2.39. The Morgan fingerprint density at radius 1 is 1.26 bits per heavy atom. The summed E-state index contributed by atoms with van der Waals surface area (Å²) in [5.74, 6) is -2.57. The number of oxime groups is 1. The largest absolute Gasteiger partial charge is 0.507 e. The minimum Gasteiger partial charge on any atom is -0.507 e. The maximum Gasteiger partial charge on any atom is 0.330 e. The molecular formula is C25H27F3N2O4. The predicted molar refractivity (Wildman–Crippen MR) is 122 cm³/mol. The third-order valence-electron chi connectivity index (χ3n) is 5.74. The number of phenols is 1. The van der Waals surface area contributed by atoms with Gasteiger partial charge >= 0.3 is 5.97 Å². The molecule has 0 saturated heterocycles. The molecule has 0 radical (unpaired) electrons. The molecule has 0 spiro atoms. The fourth-order valence-corrected chi connectivity index (χ4v) is 4.33. The maximum absolute atomic E-state index is 15.4. The van der Waals surface area contributed by atoms with Crippen molar-refractivity contribution >= 4 is 18.3 Å². The van der Waals surface area contributed by atoms with E-state index in [1.54, 1.807) is 4.90 Å². The molecule has 0 amide bonds. The first kappa shape index (κ1) is 25.3. The number of carbonyl (C=O) groups is 1. The van der Waals surface area contributed by atoms with Crippen LogP contribution in [0.25, 0.3) is 6.08 Å². The van der Waals surface area contributed by atoms with Crippen LogP contribution in [0.5, 0.6) is 5.75 Å². The molecule has 0 aliphatic carbocycles. The van der Waals surface area contributed by atoms with E-state index in [4.69, 9.17) is 5.21 Å². The van der Waals surface area contributed by atoms with Crippen LogP contribution in [-0.4, -0.2) is 52.8 Å². The highest BCUT2D eigenvalue weighted by molar-refractivity contribution is 5.87. The molecule has 0 bridgehead atoms. The quantitative estimate of drug-likeness (QED) is 0.207. The Balaban J connectivity index is 2.22. The molecule has 2 aromatic rings. The molecule has 1 heterocycles. The number of rotatable bonds is 6. The van der Waals surface area contributed by atoms with Gasteiger partial charge < -0.3 is 15.1 Å². The van der Waals surface area contributed by atoms with Gasteiger partial charge in [-0.2, -0.15) is 0 Å². The fraction of sp³-hybridized carbons (Fsp3) is 0.360. The number of nitrogens with zero attached hydrogens (tertiary/aromatic N) is 2. The van der Waals surface area contributed by atoms with Gasteiger partial charge in [-0.05, 0) is 74.2 Å². The summed E-state index contributed by atoms with van der Waals surface area (Å²) >= 11 is 0. The van der Waals surface area contributed by atoms with Crippen molar-refractivity contribution in [3.63, 3.8) is 0 Å². The van der Waals surface area contributed by atoms with E-state index in [1.165, 1.54) is 39.2 Å². The zero-order valence-corrected chi connectivity index (χ0v) is 19.3. The van der Waals surface area contributed by atoms with Gasteiger partial charge in [-0.3, -0.25) is 4.90 Å². The number of methoxy groups -OCH3 is 1. The van der Waals surface area contributed by atoms with E-state index in [9.17, 15) is 14.3 Å². The normalized spacial score (nSPS) is 19.0. The van der Waals surface area contributed by atoms with Crippen LogP contribution in [0.4, 0.5) is 13.2 Å². The van der Waals surface area contributed by atoms with E-state index in [0.717, 1.165) is 24.4 Å². The molecule has 1 aliphatic heterocycles. The highest BCUT2D eigenvalue weighted by atomic mass is 19.1. The van der Waals surface area contributed by atoms with Crippen molar-refractivity contribution in [1.29, 1.82) is 0 Å². The summed E-state index contributed by atoms with van der Waals surface area (Å²) in [4.78, 5) is 13.0. The van der Waals surface area contributed by atoms with Crippen LogP contribution in [0.15, 0.2) is 35.5 Å². The Bertz CT molecular complexity index is 1120. The smallest absolute Gasteiger partial charge is 0.330 e. The van der Waals surface area contributed by atoms with Gasteiger partial charge in [-0.25, -0.2) is 18.0 Å². The van der Waals surface area contributed by atoms with Crippen molar-refractivity contribution in [2.45, 2.75) is 44.9 Å². The number of carbonyl (C=O) groups excluding carboxylic acids is 1. The van der Waals surface area contributed by atoms with E-state index >= 15 is 8.78 Å². The number of hydrogen-bond acceptors (Lipinski definition) is 6. The summed E-state index contributed by atoms with van der Waals surface area (Å²) in [6.07, 6.45) is 3.71. The fourth-order valence-electron chi connectivity index (χ4n) is 4.33. The van der Waals surface area contributed by atoms with Gasteiger partial charge in [0.15, 0.2) is 0 Å². The summed E-state index contributed by atoms with van der Waals surface area (Å²) in [7, 11) is 1.19. The van der Waals surface area contributed by atoms with Gasteiger partial charge in [-0.1, -0.05) is 5.16 Å². The number of fused-ring (bicyclic) bond motifs is 1. The molecule has 0 saturated carbocycles. The van der Waals surface area contributed by atoms with Crippen molar-refractivity contribution < 1.29 is 33.0 Å². The summed E-state index contributed by atoms with van der Waals surface area (Å²) < 4.78 is 50.1. The van der Waals surface area contributed by atoms with Crippen LogP contribution in [0.1, 0.15) is 54.6 Å². The number of phenolic OH excluding ortho intramolecular Hbond substituents is 1. The van der Waals surface area contributed by atoms with Gasteiger partial charge in [-0.15, -0.1) is 0 Å². The molecule has 0 aromatic heterocycles. The average Bonchev–Trinajstić information content (AvgIpc) is 2.74. The van der Waals surface area contributed by atoms with E-state index in [2.05, 4.69) is 9.89 Å². The van der Waals surface area contributed by atoms with Gasteiger partial charge in [0.1, 0.15) is 23.1 Å². The average molecular weight is 476 g/mol. The SMILES string of the molecule is COC(=O)/C=C/c1cc(F)c([C@@H]2c3cc(/C=N\O)c(O)cc3C[C@@H](C)N2CC(C)(C)F)c(F)c1. The lowest BCUT2D eigenvalue weighted by atomic mass is 9.82. The molecule has 0 unspecified atom stereocenters. The van der Waals surface area contributed by atoms with Crippen molar-refractivity contribution in [3.8, 4) is 5.75 Å². The second-order valence-electron chi connectivity index (χ2n) is 8.96. The zero-order valence-electron chi connectivity index (χ0n) is 19.3. The molecule has 182 valence electrons. The van der Waals surface area contributed by atoms with Crippen molar-refractivity contribution in [1.82, 2.24) is 4.90 Å². The maximum atomic E-state index is 15.4. The number of benzene rings is 2. The van der Waals surface area contributed by atoms with E-state index < -0.39 is 29.3 Å². The van der Waals surface area contributed by atoms with Crippen LogP contribution in [0, 0.1) is 11.6 Å². The van der Waals surface area contributed by atoms with Crippen LogP contribution >= 0.6 is 0 Å². The third kappa shape index (κ3) is 5.41. The van der Waals surface area contributed by atoms with E-state index in [1.807, 2.05) is 6.92 Å². The lowest BCUT2D eigenvalue weighted by molar-refractivity contribution is -0.134. The standard InChI is InChI=1S/C25H27F3N2O4/c1-14-7-16-11-21(31)17(12-29-33)10-18(16)24(30(14)13-25(2,3)28)23-19(26)8-15(9-20(23)27)5-6-22(32)34-4/h5-6,8-12,14,24,31,33H,7,13H2,1-4H3/b6-5+,29-12-/t14-,24+/m1/s1. The number of hydrogen-bond donors (Lipinski definition) is 2. The van der Waals surface area contributed by atoms with Crippen LogP contribution in [0.2, 0.25) is 0 Å². The van der Waals surface area contributed by atoms with Crippen molar-refractivity contribution in [2.24, 2.45) is 5.16 Å². The number of ether oxygens (including phenoxy) is 1. The third-order valence-corrected chi connectivity index (χ3v) is 5.74. The van der Waals surface area contributed by atoms with Crippen LogP contribution < -0.4 is 0 Å². The lowest BCUT2D eigenvalue weighted by Gasteiger charge is -2.44. The Hall–Kier alpha value is -3.33. The first-order chi connectivity index (χ1) is 15.9. The van der Waals surface area contributed by atoms with Crippen LogP contribution in [0.3, 0.4) is 0 Å². The first-order valence-corrected chi connectivity index (χ1v) is 10.7. The Morgan fingerprint density at radius 3 is 2.47 bits per heavy atom. The molecule has 2 atom stereocenters. The summed E-state index contributed by atoms with van der Waals surface area (Å²) in [6.45, 7) is 4.50. The molecule has 9 heteroatoms. The van der Waals surface area contributed by atoms with Crippen LogP contribution in [-0.2, 0) is 16.0 Å².